The van der Waals surface area contributed by atoms with E-state index in [1.165, 1.54) is 0 Å². The van der Waals surface area contributed by atoms with Crippen LogP contribution in [0.15, 0.2) is 0 Å². The lowest BCUT2D eigenvalue weighted by Gasteiger charge is -2.23. The SMILES string of the molecule is CC(C)NP(CCC#N)NC(C)C. The summed E-state index contributed by atoms with van der Waals surface area (Å²) in [5.41, 5.74) is 0. The fourth-order valence-corrected chi connectivity index (χ4v) is 2.85. The number of hydrogen-bond donors (Lipinski definition) is 2. The second-order valence-electron chi connectivity index (χ2n) is 3.63. The first kappa shape index (κ1) is 12.8. The summed E-state index contributed by atoms with van der Waals surface area (Å²) in [4.78, 5) is 0. The maximum Gasteiger partial charge on any atom is 0.0626 e. The number of rotatable bonds is 6. The van der Waals surface area contributed by atoms with Gasteiger partial charge in [-0.15, -0.1) is 0 Å². The molecule has 13 heavy (non-hydrogen) atoms. The van der Waals surface area contributed by atoms with E-state index in [9.17, 15) is 0 Å². The van der Waals surface area contributed by atoms with Crippen LogP contribution < -0.4 is 10.2 Å². The molecule has 3 nitrogen and oxygen atoms in total. The zero-order valence-corrected chi connectivity index (χ0v) is 9.86. The van der Waals surface area contributed by atoms with Crippen molar-refractivity contribution < 1.29 is 0 Å². The van der Waals surface area contributed by atoms with Gasteiger partial charge in [0.1, 0.15) is 0 Å². The Balaban J connectivity index is 3.81. The lowest BCUT2D eigenvalue weighted by atomic mass is 10.4. The molecule has 4 heteroatoms. The van der Waals surface area contributed by atoms with E-state index in [1.54, 1.807) is 0 Å². The third kappa shape index (κ3) is 8.18. The largest absolute Gasteiger partial charge is 0.281 e. The van der Waals surface area contributed by atoms with Gasteiger partial charge in [-0.1, -0.05) is 0 Å². The van der Waals surface area contributed by atoms with Gasteiger partial charge in [0.25, 0.3) is 0 Å². The Morgan fingerprint density at radius 3 is 1.92 bits per heavy atom. The smallest absolute Gasteiger partial charge is 0.0626 e. The topological polar surface area (TPSA) is 47.9 Å². The molecule has 0 aromatic rings. The van der Waals surface area contributed by atoms with Gasteiger partial charge in [-0.3, -0.25) is 10.2 Å². The molecule has 0 aliphatic heterocycles. The number of nitriles is 1. The number of hydrogen-bond acceptors (Lipinski definition) is 3. The molecule has 2 N–H and O–H groups in total. The van der Waals surface area contributed by atoms with Crippen molar-refractivity contribution in [1.29, 1.82) is 5.26 Å². The molecule has 0 heterocycles. The molecular formula is C9H20N3P. The molecule has 0 unspecified atom stereocenters. The number of nitrogens with one attached hydrogen (secondary N) is 2. The van der Waals surface area contributed by atoms with Gasteiger partial charge in [-0.05, 0) is 27.7 Å². The monoisotopic (exact) mass is 201 g/mol. The van der Waals surface area contributed by atoms with Gasteiger partial charge in [-0.25, -0.2) is 0 Å². The van der Waals surface area contributed by atoms with Crippen LogP contribution in [0.3, 0.4) is 0 Å². The van der Waals surface area contributed by atoms with Gasteiger partial charge in [-0.2, -0.15) is 5.26 Å². The van der Waals surface area contributed by atoms with E-state index in [2.05, 4.69) is 43.9 Å². The Labute approximate surface area is 82.8 Å². The Kier molecular flexibility index (Phi) is 7.17. The molecule has 0 amide bonds. The Hall–Kier alpha value is -0.160. The summed E-state index contributed by atoms with van der Waals surface area (Å²) in [5, 5.41) is 15.4. The first-order valence-electron chi connectivity index (χ1n) is 4.73. The van der Waals surface area contributed by atoms with Gasteiger partial charge in [0.15, 0.2) is 0 Å². The van der Waals surface area contributed by atoms with E-state index < -0.39 is 0 Å². The molecule has 0 aromatic heterocycles. The first-order chi connectivity index (χ1) is 6.06. The van der Waals surface area contributed by atoms with Crippen LogP contribution in [0.2, 0.25) is 0 Å². The van der Waals surface area contributed by atoms with Gasteiger partial charge in [0.2, 0.25) is 0 Å². The van der Waals surface area contributed by atoms with Crippen molar-refractivity contribution in [2.75, 3.05) is 6.16 Å². The van der Waals surface area contributed by atoms with Gasteiger partial charge in [0, 0.05) is 32.9 Å². The molecule has 0 spiro atoms. The van der Waals surface area contributed by atoms with Crippen molar-refractivity contribution >= 4 is 8.22 Å². The number of nitrogens with zero attached hydrogens (tertiary/aromatic N) is 1. The summed E-state index contributed by atoms with van der Waals surface area (Å²) < 4.78 is 0. The third-order valence-corrected chi connectivity index (χ3v) is 3.60. The Morgan fingerprint density at radius 2 is 1.62 bits per heavy atom. The lowest BCUT2D eigenvalue weighted by Crippen LogP contribution is -2.29. The second-order valence-corrected chi connectivity index (χ2v) is 5.45. The molecule has 0 aromatic carbocycles. The average molecular weight is 201 g/mol. The van der Waals surface area contributed by atoms with Gasteiger partial charge in [0.05, 0.1) is 6.07 Å². The van der Waals surface area contributed by atoms with Crippen LogP contribution in [-0.4, -0.2) is 18.2 Å². The molecule has 0 bridgehead atoms. The highest BCUT2D eigenvalue weighted by atomic mass is 31.1. The molecule has 0 aliphatic carbocycles. The molecule has 0 rings (SSSR count). The second kappa shape index (κ2) is 7.26. The molecule has 0 saturated carbocycles. The minimum absolute atomic E-state index is 0.368. The van der Waals surface area contributed by atoms with E-state index in [0.717, 1.165) is 6.16 Å². The van der Waals surface area contributed by atoms with Crippen LogP contribution in [0, 0.1) is 11.3 Å². The van der Waals surface area contributed by atoms with E-state index in [4.69, 9.17) is 5.26 Å². The van der Waals surface area contributed by atoms with Crippen molar-refractivity contribution in [1.82, 2.24) is 10.2 Å². The average Bonchev–Trinajstić information content (AvgIpc) is 1.98. The summed E-state index contributed by atoms with van der Waals surface area (Å²) in [5.74, 6) is 0. The van der Waals surface area contributed by atoms with Crippen LogP contribution in [-0.2, 0) is 0 Å². The molecule has 0 atom stereocenters. The minimum atomic E-state index is -0.368. The molecular weight excluding hydrogens is 181 g/mol. The predicted octanol–water partition coefficient (Wildman–Crippen LogP) is 2.21. The van der Waals surface area contributed by atoms with E-state index in [1.807, 2.05) is 0 Å². The highest BCUT2D eigenvalue weighted by Gasteiger charge is 2.09. The highest BCUT2D eigenvalue weighted by molar-refractivity contribution is 7.53. The summed E-state index contributed by atoms with van der Waals surface area (Å²) in [6.45, 7) is 8.51. The van der Waals surface area contributed by atoms with E-state index >= 15 is 0 Å². The summed E-state index contributed by atoms with van der Waals surface area (Å²) in [7, 11) is -0.368. The van der Waals surface area contributed by atoms with Crippen molar-refractivity contribution in [2.24, 2.45) is 0 Å². The maximum absolute atomic E-state index is 8.49. The fraction of sp³-hybridized carbons (Fsp3) is 0.889. The predicted molar refractivity (Wildman–Crippen MR) is 58.6 cm³/mol. The summed E-state index contributed by atoms with van der Waals surface area (Å²) in [6.07, 6.45) is 1.56. The van der Waals surface area contributed by atoms with Crippen molar-refractivity contribution in [2.45, 2.75) is 46.2 Å². The normalized spacial score (nSPS) is 11.2. The first-order valence-corrected chi connectivity index (χ1v) is 6.25. The Morgan fingerprint density at radius 1 is 1.15 bits per heavy atom. The minimum Gasteiger partial charge on any atom is -0.281 e. The highest BCUT2D eigenvalue weighted by Crippen LogP contribution is 2.27. The molecule has 0 fully saturated rings. The zero-order chi connectivity index (χ0) is 10.3. The summed E-state index contributed by atoms with van der Waals surface area (Å²) in [6, 6.07) is 3.15. The van der Waals surface area contributed by atoms with Gasteiger partial charge >= 0.3 is 0 Å². The van der Waals surface area contributed by atoms with Crippen LogP contribution in [0.4, 0.5) is 0 Å². The zero-order valence-electron chi connectivity index (χ0n) is 8.96. The fourth-order valence-electron chi connectivity index (χ4n) is 0.952. The summed E-state index contributed by atoms with van der Waals surface area (Å²) >= 11 is 0. The van der Waals surface area contributed by atoms with Crippen molar-refractivity contribution in [3.63, 3.8) is 0 Å². The molecule has 0 aliphatic rings. The lowest BCUT2D eigenvalue weighted by molar-refractivity contribution is 0.709. The molecule has 76 valence electrons. The molecule has 0 saturated heterocycles. The van der Waals surface area contributed by atoms with Crippen LogP contribution in [0.25, 0.3) is 0 Å². The van der Waals surface area contributed by atoms with Crippen LogP contribution >= 0.6 is 8.22 Å². The molecule has 0 radical (unpaired) electrons. The standard InChI is InChI=1S/C9H20N3P/c1-8(2)11-13(7-5-6-10)12-9(3)4/h8-9,11-12H,5,7H2,1-4H3. The maximum atomic E-state index is 8.49. The van der Waals surface area contributed by atoms with E-state index in [-0.39, 0.29) is 8.22 Å². The van der Waals surface area contributed by atoms with Crippen LogP contribution in [0.5, 0.6) is 0 Å². The Bertz CT molecular complexity index is 153. The van der Waals surface area contributed by atoms with E-state index in [0.29, 0.717) is 18.5 Å². The quantitative estimate of drug-likeness (QED) is 0.648. The van der Waals surface area contributed by atoms with Crippen molar-refractivity contribution in [3.05, 3.63) is 0 Å². The van der Waals surface area contributed by atoms with Crippen LogP contribution in [0.1, 0.15) is 34.1 Å². The van der Waals surface area contributed by atoms with Crippen molar-refractivity contribution in [3.8, 4) is 6.07 Å². The third-order valence-electron chi connectivity index (χ3n) is 1.28. The van der Waals surface area contributed by atoms with Gasteiger partial charge < -0.3 is 0 Å².